The van der Waals surface area contributed by atoms with Crippen LogP contribution in [0.15, 0.2) is 27.8 Å². The van der Waals surface area contributed by atoms with E-state index in [9.17, 15) is 14.4 Å². The summed E-state index contributed by atoms with van der Waals surface area (Å²) in [5.74, 6) is -1.09. The van der Waals surface area contributed by atoms with Crippen LogP contribution >= 0.6 is 0 Å². The van der Waals surface area contributed by atoms with Gasteiger partial charge < -0.3 is 5.11 Å². The zero-order valence-electron chi connectivity index (χ0n) is 11.2. The van der Waals surface area contributed by atoms with Gasteiger partial charge in [-0.05, 0) is 18.2 Å². The average Bonchev–Trinajstić information content (AvgIpc) is 2.48. The van der Waals surface area contributed by atoms with Gasteiger partial charge in [-0.25, -0.2) is 19.6 Å². The van der Waals surface area contributed by atoms with Crippen LogP contribution in [0, 0.1) is 0 Å². The fourth-order valence-electron chi connectivity index (χ4n) is 2.12. The third-order valence-corrected chi connectivity index (χ3v) is 3.29. The summed E-state index contributed by atoms with van der Waals surface area (Å²) in [4.78, 5) is 43.3. The second-order valence-electron chi connectivity index (χ2n) is 4.61. The van der Waals surface area contributed by atoms with Gasteiger partial charge in [0.05, 0.1) is 16.6 Å². The fourth-order valence-corrected chi connectivity index (χ4v) is 2.12. The highest BCUT2D eigenvalue weighted by Crippen LogP contribution is 2.14. The number of aryl methyl sites for hydroxylation is 1. The largest absolute Gasteiger partial charge is 0.478 e. The first-order chi connectivity index (χ1) is 9.90. The van der Waals surface area contributed by atoms with Crippen LogP contribution in [-0.2, 0) is 14.1 Å². The Morgan fingerprint density at radius 3 is 2.48 bits per heavy atom. The molecule has 1 N–H and O–H groups in total. The van der Waals surface area contributed by atoms with Gasteiger partial charge in [0.2, 0.25) is 0 Å². The summed E-state index contributed by atoms with van der Waals surface area (Å²) in [7, 11) is 2.85. The molecule has 0 spiro atoms. The molecule has 0 amide bonds. The number of aromatic nitrogens is 4. The molecule has 0 aliphatic heterocycles. The van der Waals surface area contributed by atoms with Gasteiger partial charge in [0.25, 0.3) is 5.56 Å². The zero-order valence-corrected chi connectivity index (χ0v) is 11.2. The average molecular weight is 286 g/mol. The molecule has 0 radical (unpaired) electrons. The molecular formula is C13H10N4O4. The van der Waals surface area contributed by atoms with Crippen molar-refractivity contribution in [2.24, 2.45) is 14.1 Å². The summed E-state index contributed by atoms with van der Waals surface area (Å²) in [6.07, 6.45) is 0. The van der Waals surface area contributed by atoms with E-state index in [0.29, 0.717) is 5.52 Å². The number of rotatable bonds is 1. The van der Waals surface area contributed by atoms with Gasteiger partial charge in [-0.3, -0.25) is 13.9 Å². The molecule has 0 fully saturated rings. The van der Waals surface area contributed by atoms with Crippen LogP contribution in [0.25, 0.3) is 22.2 Å². The molecule has 2 aromatic heterocycles. The Balaban J connectivity index is 2.52. The molecule has 21 heavy (non-hydrogen) atoms. The van der Waals surface area contributed by atoms with Gasteiger partial charge in [-0.15, -0.1) is 0 Å². The van der Waals surface area contributed by atoms with Crippen molar-refractivity contribution in [3.63, 3.8) is 0 Å². The van der Waals surface area contributed by atoms with Gasteiger partial charge in [0, 0.05) is 14.1 Å². The van der Waals surface area contributed by atoms with Crippen molar-refractivity contribution >= 4 is 28.2 Å². The van der Waals surface area contributed by atoms with Gasteiger partial charge in [-0.1, -0.05) is 0 Å². The highest BCUT2D eigenvalue weighted by Gasteiger charge is 2.13. The van der Waals surface area contributed by atoms with Crippen molar-refractivity contribution < 1.29 is 9.90 Å². The van der Waals surface area contributed by atoms with Gasteiger partial charge >= 0.3 is 11.7 Å². The molecule has 2 heterocycles. The van der Waals surface area contributed by atoms with E-state index in [-0.39, 0.29) is 22.2 Å². The van der Waals surface area contributed by atoms with Crippen LogP contribution in [0.2, 0.25) is 0 Å². The Morgan fingerprint density at radius 1 is 1.10 bits per heavy atom. The lowest BCUT2D eigenvalue weighted by Gasteiger charge is -2.07. The number of hydrogen-bond donors (Lipinski definition) is 1. The summed E-state index contributed by atoms with van der Waals surface area (Å²) in [6, 6.07) is 4.23. The van der Waals surface area contributed by atoms with Crippen molar-refractivity contribution in [3.05, 3.63) is 44.6 Å². The molecule has 0 saturated carbocycles. The maximum atomic E-state index is 12.1. The zero-order chi connectivity index (χ0) is 15.3. The predicted molar refractivity (Wildman–Crippen MR) is 74.5 cm³/mol. The lowest BCUT2D eigenvalue weighted by molar-refractivity contribution is 0.0697. The van der Waals surface area contributed by atoms with Gasteiger partial charge in [0.1, 0.15) is 0 Å². The number of fused-ring (bicyclic) bond motifs is 2. The van der Waals surface area contributed by atoms with E-state index in [2.05, 4.69) is 9.97 Å². The van der Waals surface area contributed by atoms with Crippen LogP contribution in [0.5, 0.6) is 0 Å². The number of carboxylic acid groups (broad SMARTS) is 1. The highest BCUT2D eigenvalue weighted by atomic mass is 16.4. The maximum absolute atomic E-state index is 12.1. The highest BCUT2D eigenvalue weighted by molar-refractivity contribution is 5.93. The molecule has 3 aromatic rings. The second kappa shape index (κ2) is 4.23. The van der Waals surface area contributed by atoms with Crippen LogP contribution in [0.4, 0.5) is 0 Å². The molecule has 0 atom stereocenters. The van der Waals surface area contributed by atoms with Crippen molar-refractivity contribution in [2.75, 3.05) is 0 Å². The monoisotopic (exact) mass is 286 g/mol. The molecule has 8 nitrogen and oxygen atoms in total. The van der Waals surface area contributed by atoms with E-state index in [4.69, 9.17) is 5.11 Å². The van der Waals surface area contributed by atoms with E-state index in [0.717, 1.165) is 4.57 Å². The van der Waals surface area contributed by atoms with Crippen molar-refractivity contribution in [3.8, 4) is 0 Å². The lowest BCUT2D eigenvalue weighted by atomic mass is 10.2. The molecule has 0 bridgehead atoms. The van der Waals surface area contributed by atoms with Crippen molar-refractivity contribution in [1.29, 1.82) is 0 Å². The quantitative estimate of drug-likeness (QED) is 0.625. The Morgan fingerprint density at radius 2 is 1.81 bits per heavy atom. The molecule has 106 valence electrons. The minimum atomic E-state index is -1.09. The summed E-state index contributed by atoms with van der Waals surface area (Å²) in [6.45, 7) is 0. The Labute approximate surface area is 116 Å². The molecule has 3 rings (SSSR count). The van der Waals surface area contributed by atoms with Crippen molar-refractivity contribution in [2.45, 2.75) is 0 Å². The summed E-state index contributed by atoms with van der Waals surface area (Å²) < 4.78 is 2.16. The molecule has 0 aliphatic carbocycles. The summed E-state index contributed by atoms with van der Waals surface area (Å²) in [5, 5.41) is 8.98. The minimum Gasteiger partial charge on any atom is -0.478 e. The third kappa shape index (κ3) is 1.80. The van der Waals surface area contributed by atoms with Gasteiger partial charge in [0.15, 0.2) is 11.2 Å². The molecule has 0 aliphatic rings. The van der Waals surface area contributed by atoms with E-state index in [1.807, 2.05) is 0 Å². The minimum absolute atomic E-state index is 0.0228. The number of hydrogen-bond acceptors (Lipinski definition) is 5. The SMILES string of the molecule is Cn1c(=O)c2nc3cc(C(=O)O)ccc3nc2n(C)c1=O. The second-order valence-corrected chi connectivity index (χ2v) is 4.61. The third-order valence-electron chi connectivity index (χ3n) is 3.29. The molecular weight excluding hydrogens is 276 g/mol. The smallest absolute Gasteiger partial charge is 0.335 e. The lowest BCUT2D eigenvalue weighted by Crippen LogP contribution is -2.37. The van der Waals surface area contributed by atoms with Crippen LogP contribution in [0.1, 0.15) is 10.4 Å². The summed E-state index contributed by atoms with van der Waals surface area (Å²) >= 11 is 0. The Bertz CT molecular complexity index is 1030. The van der Waals surface area contributed by atoms with E-state index < -0.39 is 17.2 Å². The maximum Gasteiger partial charge on any atom is 0.335 e. The molecule has 1 aromatic carbocycles. The predicted octanol–water partition coefficient (Wildman–Crippen LogP) is -0.121. The molecule has 0 saturated heterocycles. The number of carboxylic acids is 1. The number of nitrogens with zero attached hydrogens (tertiary/aromatic N) is 4. The van der Waals surface area contributed by atoms with E-state index >= 15 is 0 Å². The van der Waals surface area contributed by atoms with Crippen LogP contribution in [0.3, 0.4) is 0 Å². The first-order valence-electron chi connectivity index (χ1n) is 6.01. The summed E-state index contributed by atoms with van der Waals surface area (Å²) in [5.41, 5.74) is -0.119. The fraction of sp³-hybridized carbons (Fsp3) is 0.154. The first-order valence-corrected chi connectivity index (χ1v) is 6.01. The standard InChI is InChI=1S/C13H10N4O4/c1-16-10-9(11(18)17(2)13(16)21)14-8-5-6(12(19)20)3-4-7(8)15-10/h3-5H,1-2H3,(H,19,20). The van der Waals surface area contributed by atoms with Crippen LogP contribution < -0.4 is 11.2 Å². The number of aromatic carboxylic acids is 1. The normalized spacial score (nSPS) is 11.1. The van der Waals surface area contributed by atoms with Crippen molar-refractivity contribution in [1.82, 2.24) is 19.1 Å². The van der Waals surface area contributed by atoms with Crippen LogP contribution in [-0.4, -0.2) is 30.2 Å². The molecule has 8 heteroatoms. The van der Waals surface area contributed by atoms with E-state index in [1.165, 1.54) is 36.9 Å². The Hall–Kier alpha value is -3.03. The topological polar surface area (TPSA) is 107 Å². The Kier molecular flexibility index (Phi) is 2.62. The van der Waals surface area contributed by atoms with Gasteiger partial charge in [-0.2, -0.15) is 0 Å². The molecule has 0 unspecified atom stereocenters. The number of carbonyl (C=O) groups is 1. The first kappa shape index (κ1) is 13.0. The number of benzene rings is 1. The van der Waals surface area contributed by atoms with E-state index in [1.54, 1.807) is 0 Å².